The Morgan fingerprint density at radius 1 is 1.38 bits per heavy atom. The number of carbonyl (C=O) groups excluding carboxylic acids is 1. The molecule has 0 aliphatic carbocycles. The molecule has 2 N–H and O–H groups in total. The van der Waals surface area contributed by atoms with Gasteiger partial charge in [-0.3, -0.25) is 4.79 Å². The molecule has 0 rings (SSSR count). The van der Waals surface area contributed by atoms with Crippen molar-refractivity contribution in [3.63, 3.8) is 0 Å². The van der Waals surface area contributed by atoms with Crippen molar-refractivity contribution in [2.75, 3.05) is 19.6 Å². The zero-order valence-electron chi connectivity index (χ0n) is 9.02. The first-order valence-corrected chi connectivity index (χ1v) is 5.14. The average Bonchev–Trinajstić information content (AvgIpc) is 2.02. The van der Waals surface area contributed by atoms with E-state index < -0.39 is 0 Å². The Balaban J connectivity index is -0.000000720. The fourth-order valence-corrected chi connectivity index (χ4v) is 1.06. The highest BCUT2D eigenvalue weighted by Crippen LogP contribution is 1.97. The Kier molecular flexibility index (Phi) is 7.69. The fourth-order valence-electron chi connectivity index (χ4n) is 1.06. The lowest BCUT2D eigenvalue weighted by atomic mass is 10.1. The highest BCUT2D eigenvalue weighted by Gasteiger charge is 2.02. The number of hydrogen-bond acceptors (Lipinski definition) is 2. The third-order valence-corrected chi connectivity index (χ3v) is 1.70. The molecule has 0 spiro atoms. The van der Waals surface area contributed by atoms with Crippen LogP contribution in [0.15, 0.2) is 0 Å². The van der Waals surface area contributed by atoms with E-state index in [1.807, 2.05) is 0 Å². The fraction of sp³-hybridized carbons (Fsp3) is 0.900. The van der Waals surface area contributed by atoms with Crippen LogP contribution in [0.25, 0.3) is 0 Å². The molecule has 0 radical (unpaired) electrons. The molecule has 0 saturated heterocycles. The summed E-state index contributed by atoms with van der Waals surface area (Å²) in [6, 6.07) is 0. The van der Waals surface area contributed by atoms with Crippen LogP contribution in [0.5, 0.6) is 0 Å². The van der Waals surface area contributed by atoms with Crippen molar-refractivity contribution < 1.29 is 7.65 Å². The van der Waals surface area contributed by atoms with Gasteiger partial charge in [0.2, 0.25) is 5.91 Å². The van der Waals surface area contributed by atoms with E-state index >= 15 is 0 Å². The Labute approximate surface area is 84.3 Å². The molecule has 0 aromatic rings. The molecule has 0 aliphatic heterocycles. The van der Waals surface area contributed by atoms with E-state index in [0.717, 1.165) is 26.1 Å². The summed E-state index contributed by atoms with van der Waals surface area (Å²) in [5.74, 6) is 0.625. The maximum absolute atomic E-state index is 11.2. The Bertz CT molecular complexity index is 143. The highest BCUT2D eigenvalue weighted by atomic mass is 16.1. The van der Waals surface area contributed by atoms with E-state index in [1.165, 1.54) is 0 Å². The maximum Gasteiger partial charge on any atom is 0.220 e. The maximum atomic E-state index is 11.2. The molecular formula is C10H26N2O. The van der Waals surface area contributed by atoms with Crippen LogP contribution in [0.2, 0.25) is 0 Å². The highest BCUT2D eigenvalue weighted by molar-refractivity contribution is 5.75. The molecule has 13 heavy (non-hydrogen) atoms. The van der Waals surface area contributed by atoms with Gasteiger partial charge in [-0.1, -0.05) is 20.8 Å². The van der Waals surface area contributed by atoms with Crippen LogP contribution in [0.4, 0.5) is 0 Å². The van der Waals surface area contributed by atoms with Gasteiger partial charge >= 0.3 is 0 Å². The Morgan fingerprint density at radius 3 is 2.62 bits per heavy atom. The van der Waals surface area contributed by atoms with Crippen LogP contribution < -0.4 is 10.6 Å². The minimum Gasteiger partial charge on any atom is -0.356 e. The van der Waals surface area contributed by atoms with Crippen LogP contribution in [0.3, 0.4) is 0 Å². The molecule has 0 unspecified atom stereocenters. The second-order valence-electron chi connectivity index (χ2n) is 3.66. The van der Waals surface area contributed by atoms with Crippen molar-refractivity contribution in [1.82, 2.24) is 10.6 Å². The lowest BCUT2D eigenvalue weighted by Gasteiger charge is -2.06. The Hall–Kier alpha value is -0.570. The third kappa shape index (κ3) is 9.34. The van der Waals surface area contributed by atoms with Crippen molar-refractivity contribution in [2.24, 2.45) is 5.92 Å². The molecule has 0 fully saturated rings. The second-order valence-corrected chi connectivity index (χ2v) is 3.66. The molecule has 3 heteroatoms. The zero-order valence-corrected chi connectivity index (χ0v) is 9.02. The first-order chi connectivity index (χ1) is 6.16. The second kappa shape index (κ2) is 8.05. The van der Waals surface area contributed by atoms with Gasteiger partial charge < -0.3 is 10.6 Å². The van der Waals surface area contributed by atoms with Gasteiger partial charge in [0.05, 0.1) is 0 Å². The molecule has 0 saturated carbocycles. The minimum absolute atomic E-state index is 0. The quantitative estimate of drug-likeness (QED) is 0.599. The van der Waals surface area contributed by atoms with Crippen LogP contribution in [-0.2, 0) is 4.79 Å². The first kappa shape index (κ1) is 12.4. The summed E-state index contributed by atoms with van der Waals surface area (Å²) < 4.78 is 0. The molecule has 0 heterocycles. The van der Waals surface area contributed by atoms with E-state index in [2.05, 4.69) is 31.4 Å². The van der Waals surface area contributed by atoms with Crippen molar-refractivity contribution in [1.29, 1.82) is 0 Å². The standard InChI is InChI=1S/C10H22N2O.2H2/c1-4-11-6-5-7-12-10(13)8-9(2)3;;/h9,11H,4-8H2,1-3H3,(H,12,13);2*1H. The summed E-state index contributed by atoms with van der Waals surface area (Å²) in [4.78, 5) is 11.2. The number of carbonyl (C=O) groups is 1. The lowest BCUT2D eigenvalue weighted by Crippen LogP contribution is -2.28. The molecule has 0 aromatic carbocycles. The molecule has 0 bridgehead atoms. The van der Waals surface area contributed by atoms with Gasteiger partial charge in [0.1, 0.15) is 0 Å². The summed E-state index contributed by atoms with van der Waals surface area (Å²) in [6.45, 7) is 8.96. The van der Waals surface area contributed by atoms with Crippen molar-refractivity contribution in [3.05, 3.63) is 0 Å². The largest absolute Gasteiger partial charge is 0.356 e. The predicted molar refractivity (Wildman–Crippen MR) is 59.9 cm³/mol. The topological polar surface area (TPSA) is 41.1 Å². The summed E-state index contributed by atoms with van der Waals surface area (Å²) >= 11 is 0. The normalized spacial score (nSPS) is 10.5. The van der Waals surface area contributed by atoms with Gasteiger partial charge in [0, 0.05) is 15.8 Å². The van der Waals surface area contributed by atoms with Gasteiger partial charge in [-0.05, 0) is 25.4 Å². The number of nitrogens with one attached hydrogen (secondary N) is 2. The number of amides is 1. The molecule has 1 amide bonds. The summed E-state index contributed by atoms with van der Waals surface area (Å²) in [5, 5.41) is 6.11. The van der Waals surface area contributed by atoms with Gasteiger partial charge in [-0.25, -0.2) is 0 Å². The van der Waals surface area contributed by atoms with E-state index in [0.29, 0.717) is 12.3 Å². The Morgan fingerprint density at radius 2 is 2.08 bits per heavy atom. The van der Waals surface area contributed by atoms with Crippen LogP contribution >= 0.6 is 0 Å². The summed E-state index contributed by atoms with van der Waals surface area (Å²) in [7, 11) is 0. The zero-order chi connectivity index (χ0) is 10.1. The van der Waals surface area contributed by atoms with Gasteiger partial charge in [-0.2, -0.15) is 0 Å². The smallest absolute Gasteiger partial charge is 0.220 e. The number of rotatable bonds is 7. The van der Waals surface area contributed by atoms with E-state index in [1.54, 1.807) is 0 Å². The molecule has 82 valence electrons. The van der Waals surface area contributed by atoms with Crippen LogP contribution in [0, 0.1) is 5.92 Å². The van der Waals surface area contributed by atoms with Gasteiger partial charge in [-0.15, -0.1) is 0 Å². The monoisotopic (exact) mass is 190 g/mol. The third-order valence-electron chi connectivity index (χ3n) is 1.70. The molecule has 0 atom stereocenters. The van der Waals surface area contributed by atoms with Gasteiger partial charge in [0.15, 0.2) is 0 Å². The number of hydrogen-bond donors (Lipinski definition) is 2. The van der Waals surface area contributed by atoms with Crippen LogP contribution in [-0.4, -0.2) is 25.5 Å². The minimum atomic E-state index is 0. The van der Waals surface area contributed by atoms with Crippen molar-refractivity contribution in [3.8, 4) is 0 Å². The summed E-state index contributed by atoms with van der Waals surface area (Å²) in [5.41, 5.74) is 0. The van der Waals surface area contributed by atoms with Crippen molar-refractivity contribution in [2.45, 2.75) is 33.6 Å². The van der Waals surface area contributed by atoms with E-state index in [4.69, 9.17) is 0 Å². The molecule has 0 aromatic heterocycles. The predicted octanol–water partition coefficient (Wildman–Crippen LogP) is 1.64. The first-order valence-electron chi connectivity index (χ1n) is 5.14. The average molecular weight is 190 g/mol. The van der Waals surface area contributed by atoms with E-state index in [9.17, 15) is 4.79 Å². The molecule has 3 nitrogen and oxygen atoms in total. The lowest BCUT2D eigenvalue weighted by molar-refractivity contribution is -0.121. The van der Waals surface area contributed by atoms with Crippen LogP contribution in [0.1, 0.15) is 36.5 Å². The molecule has 0 aliphatic rings. The van der Waals surface area contributed by atoms with E-state index in [-0.39, 0.29) is 8.76 Å². The van der Waals surface area contributed by atoms with Crippen molar-refractivity contribution >= 4 is 5.91 Å². The van der Waals surface area contributed by atoms with Gasteiger partial charge in [0.25, 0.3) is 0 Å². The molecular weight excluding hydrogens is 164 g/mol. The summed E-state index contributed by atoms with van der Waals surface area (Å²) in [6.07, 6.45) is 1.65. The SMILES string of the molecule is CCNCCCNC(=O)CC(C)C.[HH].[HH].